The van der Waals surface area contributed by atoms with Crippen molar-refractivity contribution in [2.75, 3.05) is 45.8 Å². The molecule has 7 heteroatoms. The molecule has 0 spiro atoms. The maximum Gasteiger partial charge on any atom is 0.221 e. The van der Waals surface area contributed by atoms with Crippen molar-refractivity contribution in [2.45, 2.75) is 39.0 Å². The van der Waals surface area contributed by atoms with Gasteiger partial charge in [-0.15, -0.1) is 0 Å². The number of carbonyl (C=O) groups excluding carboxylic acids is 1. The van der Waals surface area contributed by atoms with Gasteiger partial charge in [-0.3, -0.25) is 9.79 Å². The van der Waals surface area contributed by atoms with Crippen LogP contribution in [0.1, 0.15) is 39.0 Å². The Kier molecular flexibility index (Phi) is 9.07. The number of ether oxygens (including phenoxy) is 2. The molecule has 0 bridgehead atoms. The normalized spacial score (nSPS) is 15.9. The van der Waals surface area contributed by atoms with Gasteiger partial charge in [0.2, 0.25) is 5.91 Å². The van der Waals surface area contributed by atoms with Crippen LogP contribution in [0, 0.1) is 5.41 Å². The minimum atomic E-state index is -0.0979. The highest BCUT2D eigenvalue weighted by Crippen LogP contribution is 2.40. The van der Waals surface area contributed by atoms with Crippen LogP contribution in [0.2, 0.25) is 0 Å². The highest BCUT2D eigenvalue weighted by atomic mass is 16.5. The molecule has 1 aliphatic carbocycles. The van der Waals surface area contributed by atoms with Gasteiger partial charge in [-0.1, -0.05) is 18.9 Å². The monoisotopic (exact) mass is 390 g/mol. The van der Waals surface area contributed by atoms with Crippen LogP contribution in [0.3, 0.4) is 0 Å². The standard InChI is InChI=1S/C21H34N4O3/c1-17(26)25-18-7-6-8-19(15-18)28-14-12-23-20(22-2)24-16-21(11-13-27-3)9-4-5-10-21/h6-8,15H,4-5,9-14,16H2,1-3H3,(H,25,26)(H2,22,23,24). The molecule has 1 aromatic carbocycles. The second-order valence-corrected chi connectivity index (χ2v) is 7.36. The first-order valence-corrected chi connectivity index (χ1v) is 10.0. The minimum absolute atomic E-state index is 0.0979. The van der Waals surface area contributed by atoms with Crippen molar-refractivity contribution >= 4 is 17.6 Å². The summed E-state index contributed by atoms with van der Waals surface area (Å²) >= 11 is 0. The van der Waals surface area contributed by atoms with Gasteiger partial charge in [-0.05, 0) is 36.8 Å². The van der Waals surface area contributed by atoms with E-state index in [0.29, 0.717) is 18.6 Å². The predicted octanol–water partition coefficient (Wildman–Crippen LogP) is 2.79. The first-order valence-electron chi connectivity index (χ1n) is 10.0. The number of rotatable bonds is 10. The highest BCUT2D eigenvalue weighted by molar-refractivity contribution is 5.88. The molecule has 1 aliphatic rings. The number of hydrogen-bond donors (Lipinski definition) is 3. The summed E-state index contributed by atoms with van der Waals surface area (Å²) in [7, 11) is 3.55. The van der Waals surface area contributed by atoms with Crippen LogP contribution in [0.4, 0.5) is 5.69 Å². The zero-order chi connectivity index (χ0) is 20.2. The van der Waals surface area contributed by atoms with Crippen molar-refractivity contribution in [2.24, 2.45) is 10.4 Å². The number of nitrogens with zero attached hydrogens (tertiary/aromatic N) is 1. The van der Waals surface area contributed by atoms with E-state index in [9.17, 15) is 4.79 Å². The Morgan fingerprint density at radius 3 is 2.68 bits per heavy atom. The van der Waals surface area contributed by atoms with Crippen LogP contribution in [-0.4, -0.2) is 52.3 Å². The van der Waals surface area contributed by atoms with Gasteiger partial charge in [0.25, 0.3) is 0 Å². The van der Waals surface area contributed by atoms with E-state index < -0.39 is 0 Å². The molecule has 0 radical (unpaired) electrons. The molecule has 1 fully saturated rings. The first-order chi connectivity index (χ1) is 13.6. The van der Waals surface area contributed by atoms with Crippen LogP contribution < -0.4 is 20.7 Å². The molecule has 28 heavy (non-hydrogen) atoms. The molecule has 0 heterocycles. The third-order valence-electron chi connectivity index (χ3n) is 5.17. The van der Waals surface area contributed by atoms with E-state index in [-0.39, 0.29) is 5.91 Å². The fourth-order valence-corrected chi connectivity index (χ4v) is 3.66. The first kappa shape index (κ1) is 22.0. The molecule has 0 atom stereocenters. The molecule has 7 nitrogen and oxygen atoms in total. The molecular weight excluding hydrogens is 356 g/mol. The average molecular weight is 391 g/mol. The molecule has 0 unspecified atom stereocenters. The molecule has 156 valence electrons. The van der Waals surface area contributed by atoms with E-state index in [1.54, 1.807) is 14.2 Å². The summed E-state index contributed by atoms with van der Waals surface area (Å²) in [5.41, 5.74) is 1.04. The number of carbonyl (C=O) groups is 1. The van der Waals surface area contributed by atoms with Crippen molar-refractivity contribution in [1.82, 2.24) is 10.6 Å². The van der Waals surface area contributed by atoms with Crippen molar-refractivity contribution < 1.29 is 14.3 Å². The van der Waals surface area contributed by atoms with Gasteiger partial charge in [-0.25, -0.2) is 0 Å². The third-order valence-corrected chi connectivity index (χ3v) is 5.17. The van der Waals surface area contributed by atoms with Crippen molar-refractivity contribution in [3.63, 3.8) is 0 Å². The summed E-state index contributed by atoms with van der Waals surface area (Å²) in [5.74, 6) is 1.42. The van der Waals surface area contributed by atoms with Gasteiger partial charge in [0.1, 0.15) is 12.4 Å². The Hall–Kier alpha value is -2.28. The Morgan fingerprint density at radius 2 is 2.00 bits per heavy atom. The topological polar surface area (TPSA) is 84.0 Å². The number of benzene rings is 1. The summed E-state index contributed by atoms with van der Waals surface area (Å²) in [6, 6.07) is 7.38. The van der Waals surface area contributed by atoms with Crippen molar-refractivity contribution in [3.05, 3.63) is 24.3 Å². The van der Waals surface area contributed by atoms with Crippen LogP contribution in [0.25, 0.3) is 0 Å². The zero-order valence-corrected chi connectivity index (χ0v) is 17.3. The number of anilines is 1. The number of nitrogens with one attached hydrogen (secondary N) is 3. The van der Waals surface area contributed by atoms with Gasteiger partial charge in [0, 0.05) is 46.0 Å². The van der Waals surface area contributed by atoms with Gasteiger partial charge in [0.05, 0.1) is 6.54 Å². The Balaban J connectivity index is 1.73. The van der Waals surface area contributed by atoms with Crippen molar-refractivity contribution in [1.29, 1.82) is 0 Å². The summed E-state index contributed by atoms with van der Waals surface area (Å²) in [5, 5.41) is 9.52. The van der Waals surface area contributed by atoms with E-state index in [2.05, 4.69) is 20.9 Å². The Morgan fingerprint density at radius 1 is 1.21 bits per heavy atom. The second kappa shape index (κ2) is 11.5. The SMILES string of the molecule is CN=C(NCCOc1cccc(NC(C)=O)c1)NCC1(CCOC)CCCC1. The maximum atomic E-state index is 11.1. The Labute approximate surface area is 168 Å². The zero-order valence-electron chi connectivity index (χ0n) is 17.3. The molecule has 0 aromatic heterocycles. The van der Waals surface area contributed by atoms with Gasteiger partial charge in [0.15, 0.2) is 5.96 Å². The fraction of sp³-hybridized carbons (Fsp3) is 0.619. The largest absolute Gasteiger partial charge is 0.492 e. The van der Waals surface area contributed by atoms with E-state index in [0.717, 1.165) is 37.0 Å². The molecule has 1 saturated carbocycles. The van der Waals surface area contributed by atoms with Gasteiger partial charge < -0.3 is 25.4 Å². The van der Waals surface area contributed by atoms with E-state index in [1.807, 2.05) is 24.3 Å². The molecule has 0 saturated heterocycles. The summed E-state index contributed by atoms with van der Waals surface area (Å²) < 4.78 is 11.1. The highest BCUT2D eigenvalue weighted by Gasteiger charge is 2.33. The third kappa shape index (κ3) is 7.38. The van der Waals surface area contributed by atoms with Crippen LogP contribution in [0.15, 0.2) is 29.3 Å². The summed E-state index contributed by atoms with van der Waals surface area (Å²) in [6.45, 7) is 4.34. The molecular formula is C21H34N4O3. The number of methoxy groups -OCH3 is 1. The number of hydrogen-bond acceptors (Lipinski definition) is 4. The lowest BCUT2D eigenvalue weighted by molar-refractivity contribution is -0.114. The quantitative estimate of drug-likeness (QED) is 0.325. The van der Waals surface area contributed by atoms with Crippen LogP contribution >= 0.6 is 0 Å². The molecule has 1 amide bonds. The van der Waals surface area contributed by atoms with E-state index >= 15 is 0 Å². The lowest BCUT2D eigenvalue weighted by Crippen LogP contribution is -2.44. The smallest absolute Gasteiger partial charge is 0.221 e. The van der Waals surface area contributed by atoms with E-state index in [1.165, 1.54) is 32.6 Å². The Bertz CT molecular complexity index is 642. The lowest BCUT2D eigenvalue weighted by atomic mass is 9.83. The average Bonchev–Trinajstić information content (AvgIpc) is 3.15. The van der Waals surface area contributed by atoms with Gasteiger partial charge in [-0.2, -0.15) is 0 Å². The minimum Gasteiger partial charge on any atom is -0.492 e. The predicted molar refractivity (Wildman–Crippen MR) is 113 cm³/mol. The molecule has 3 N–H and O–H groups in total. The van der Waals surface area contributed by atoms with E-state index in [4.69, 9.17) is 9.47 Å². The molecule has 0 aliphatic heterocycles. The van der Waals surface area contributed by atoms with Gasteiger partial charge >= 0.3 is 0 Å². The van der Waals surface area contributed by atoms with Crippen LogP contribution in [0.5, 0.6) is 5.75 Å². The summed E-state index contributed by atoms with van der Waals surface area (Å²) in [6.07, 6.45) is 6.16. The summed E-state index contributed by atoms with van der Waals surface area (Å²) in [4.78, 5) is 15.5. The molecule has 2 rings (SSSR count). The molecule has 1 aromatic rings. The maximum absolute atomic E-state index is 11.1. The fourth-order valence-electron chi connectivity index (χ4n) is 3.66. The number of guanidine groups is 1. The van der Waals surface area contributed by atoms with Crippen LogP contribution in [-0.2, 0) is 9.53 Å². The second-order valence-electron chi connectivity index (χ2n) is 7.36. The van der Waals surface area contributed by atoms with Crippen molar-refractivity contribution in [3.8, 4) is 5.75 Å². The lowest BCUT2D eigenvalue weighted by Gasteiger charge is -2.29. The number of amides is 1. The number of aliphatic imine (C=N–C) groups is 1.